The van der Waals surface area contributed by atoms with E-state index in [0.29, 0.717) is 35.3 Å². The summed E-state index contributed by atoms with van der Waals surface area (Å²) in [6, 6.07) is 7.15. The minimum Gasteiger partial charge on any atom is -0.477 e. The Balaban J connectivity index is 1.64. The quantitative estimate of drug-likeness (QED) is 0.315. The molecule has 0 aliphatic heterocycles. The number of rotatable bonds is 7. The Morgan fingerprint density at radius 3 is 2.56 bits per heavy atom. The van der Waals surface area contributed by atoms with Gasteiger partial charge in [0.05, 0.1) is 11.6 Å². The fraction of sp³-hybridized carbons (Fsp3) is 0.190. The number of nitrogens with zero attached hydrogens (tertiary/aromatic N) is 3. The Morgan fingerprint density at radius 1 is 1.18 bits per heavy atom. The maximum Gasteiger partial charge on any atom is 0.263 e. The van der Waals surface area contributed by atoms with Crippen molar-refractivity contribution in [2.24, 2.45) is 5.92 Å². The van der Waals surface area contributed by atoms with Crippen molar-refractivity contribution in [1.82, 2.24) is 20.2 Å². The number of hydrogen-bond acceptors (Lipinski definition) is 7. The van der Waals surface area contributed by atoms with E-state index in [1.54, 1.807) is 12.1 Å². The maximum absolute atomic E-state index is 13.7. The van der Waals surface area contributed by atoms with E-state index in [4.69, 9.17) is 22.1 Å². The molecule has 0 unspecified atom stereocenters. The van der Waals surface area contributed by atoms with Crippen LogP contribution in [0.5, 0.6) is 5.88 Å². The van der Waals surface area contributed by atoms with Gasteiger partial charge in [0.25, 0.3) is 10.0 Å². The highest BCUT2D eigenvalue weighted by atomic mass is 35.5. The largest absolute Gasteiger partial charge is 0.477 e. The van der Waals surface area contributed by atoms with E-state index in [1.807, 2.05) is 13.8 Å². The standard InChI is InChI=1S/C21H19ClF2N6O3S/c1-10(2)9-33-21-16-18(25)28-29-20(16)26-19(27-21)11-3-5-13(6-4-11)30-34(31,32)15-8-12(23)7-14(24)17(15)22/h3-8,10,30H,9H2,1-2H3,(H3,25,26,27,28,29). The molecule has 0 atom stereocenters. The molecule has 9 nitrogen and oxygen atoms in total. The number of nitrogens with one attached hydrogen (secondary N) is 2. The van der Waals surface area contributed by atoms with Gasteiger partial charge < -0.3 is 10.5 Å². The Morgan fingerprint density at radius 2 is 1.88 bits per heavy atom. The lowest BCUT2D eigenvalue weighted by Crippen LogP contribution is -2.14. The smallest absolute Gasteiger partial charge is 0.263 e. The summed E-state index contributed by atoms with van der Waals surface area (Å²) < 4.78 is 60.5. The SMILES string of the molecule is CC(C)COc1nc(-c2ccc(NS(=O)(=O)c3cc(F)cc(F)c3Cl)cc2)nc2n[nH]c(N)c12. The van der Waals surface area contributed by atoms with Crippen molar-refractivity contribution in [3.8, 4) is 17.3 Å². The minimum absolute atomic E-state index is 0.130. The van der Waals surface area contributed by atoms with Gasteiger partial charge in [-0.15, -0.1) is 0 Å². The van der Waals surface area contributed by atoms with Crippen molar-refractivity contribution in [2.45, 2.75) is 18.7 Å². The van der Waals surface area contributed by atoms with E-state index >= 15 is 0 Å². The van der Waals surface area contributed by atoms with Crippen molar-refractivity contribution >= 4 is 44.2 Å². The Bertz CT molecular complexity index is 1480. The number of sulfonamides is 1. The molecule has 13 heteroatoms. The van der Waals surface area contributed by atoms with E-state index in [2.05, 4.69) is 24.9 Å². The van der Waals surface area contributed by atoms with Gasteiger partial charge in [0.15, 0.2) is 11.5 Å². The number of anilines is 2. The second-order valence-electron chi connectivity index (χ2n) is 7.78. The van der Waals surface area contributed by atoms with Crippen molar-refractivity contribution in [1.29, 1.82) is 0 Å². The topological polar surface area (TPSA) is 136 Å². The van der Waals surface area contributed by atoms with E-state index in [-0.39, 0.29) is 29.1 Å². The molecule has 2 aromatic heterocycles. The molecule has 0 saturated heterocycles. The third-order valence-corrected chi connectivity index (χ3v) is 6.51. The van der Waals surface area contributed by atoms with Crippen LogP contribution in [0.3, 0.4) is 0 Å². The van der Waals surface area contributed by atoms with Crippen LogP contribution in [0, 0.1) is 17.6 Å². The lowest BCUT2D eigenvalue weighted by atomic mass is 10.2. The van der Waals surface area contributed by atoms with Crippen molar-refractivity contribution in [3.63, 3.8) is 0 Å². The third-order valence-electron chi connectivity index (χ3n) is 4.61. The van der Waals surface area contributed by atoms with Crippen molar-refractivity contribution < 1.29 is 21.9 Å². The molecule has 0 aliphatic rings. The van der Waals surface area contributed by atoms with Crippen LogP contribution in [-0.2, 0) is 10.0 Å². The second-order valence-corrected chi connectivity index (χ2v) is 9.80. The number of aromatic amines is 1. The first-order chi connectivity index (χ1) is 16.0. The van der Waals surface area contributed by atoms with Crippen LogP contribution in [0.4, 0.5) is 20.3 Å². The zero-order chi connectivity index (χ0) is 24.6. The number of fused-ring (bicyclic) bond motifs is 1. The number of nitrogen functional groups attached to an aromatic ring is 1. The molecule has 4 N–H and O–H groups in total. The molecule has 4 aromatic rings. The fourth-order valence-electron chi connectivity index (χ4n) is 3.02. The number of nitrogens with two attached hydrogens (primary N) is 1. The van der Waals surface area contributed by atoms with Gasteiger partial charge in [-0.2, -0.15) is 10.1 Å². The zero-order valence-electron chi connectivity index (χ0n) is 17.9. The summed E-state index contributed by atoms with van der Waals surface area (Å²) in [7, 11) is -4.36. The molecule has 0 saturated carbocycles. The number of ether oxygens (including phenoxy) is 1. The van der Waals surface area contributed by atoms with Gasteiger partial charge in [-0.25, -0.2) is 22.2 Å². The monoisotopic (exact) mass is 508 g/mol. The van der Waals surface area contributed by atoms with Gasteiger partial charge in [0, 0.05) is 17.3 Å². The average molecular weight is 509 g/mol. The van der Waals surface area contributed by atoms with Crippen molar-refractivity contribution in [2.75, 3.05) is 17.1 Å². The normalized spacial score (nSPS) is 11.8. The number of hydrogen-bond donors (Lipinski definition) is 3. The van der Waals surface area contributed by atoms with Crippen LogP contribution in [0.2, 0.25) is 5.02 Å². The summed E-state index contributed by atoms with van der Waals surface area (Å²) in [5.41, 5.74) is 6.91. The number of H-pyrrole nitrogens is 1. The van der Waals surface area contributed by atoms with E-state index < -0.39 is 31.6 Å². The van der Waals surface area contributed by atoms with E-state index in [0.717, 1.165) is 0 Å². The highest BCUT2D eigenvalue weighted by molar-refractivity contribution is 7.92. The summed E-state index contributed by atoms with van der Waals surface area (Å²) >= 11 is 5.72. The number of aromatic nitrogens is 4. The Labute approximate surface area is 198 Å². The van der Waals surface area contributed by atoms with Crippen LogP contribution in [0.15, 0.2) is 41.3 Å². The van der Waals surface area contributed by atoms with Gasteiger partial charge in [-0.1, -0.05) is 25.4 Å². The third kappa shape index (κ3) is 4.73. The minimum atomic E-state index is -4.36. The molecule has 0 amide bonds. The molecule has 2 heterocycles. The van der Waals surface area contributed by atoms with Gasteiger partial charge in [-0.05, 0) is 36.2 Å². The molecule has 178 valence electrons. The molecule has 0 spiro atoms. The molecule has 0 bridgehead atoms. The molecular weight excluding hydrogens is 490 g/mol. The molecular formula is C21H19ClF2N6O3S. The van der Waals surface area contributed by atoms with Crippen LogP contribution >= 0.6 is 11.6 Å². The van der Waals surface area contributed by atoms with E-state index in [9.17, 15) is 17.2 Å². The summed E-state index contributed by atoms with van der Waals surface area (Å²) in [4.78, 5) is 8.12. The molecule has 4 rings (SSSR count). The molecule has 2 aromatic carbocycles. The number of halogens is 3. The molecule has 0 fully saturated rings. The highest BCUT2D eigenvalue weighted by Gasteiger charge is 2.22. The summed E-state index contributed by atoms with van der Waals surface area (Å²) in [5.74, 6) is -1.18. The summed E-state index contributed by atoms with van der Waals surface area (Å²) in [5, 5.41) is 6.48. The van der Waals surface area contributed by atoms with Gasteiger partial charge in [-0.3, -0.25) is 9.82 Å². The first-order valence-electron chi connectivity index (χ1n) is 9.97. The molecule has 0 aliphatic carbocycles. The van der Waals surface area contributed by atoms with Crippen LogP contribution in [0.1, 0.15) is 13.8 Å². The predicted molar refractivity (Wildman–Crippen MR) is 124 cm³/mol. The molecule has 0 radical (unpaired) electrons. The van der Waals surface area contributed by atoms with Gasteiger partial charge >= 0.3 is 0 Å². The lowest BCUT2D eigenvalue weighted by Gasteiger charge is -2.12. The highest BCUT2D eigenvalue weighted by Crippen LogP contribution is 2.31. The zero-order valence-corrected chi connectivity index (χ0v) is 19.5. The first kappa shape index (κ1) is 23.6. The average Bonchev–Trinajstić information content (AvgIpc) is 3.15. The van der Waals surface area contributed by atoms with Crippen LogP contribution in [0.25, 0.3) is 22.4 Å². The van der Waals surface area contributed by atoms with Crippen LogP contribution < -0.4 is 15.2 Å². The summed E-state index contributed by atoms with van der Waals surface area (Å²) in [6.45, 7) is 4.38. The van der Waals surface area contributed by atoms with Crippen LogP contribution in [-0.4, -0.2) is 35.2 Å². The molecule has 34 heavy (non-hydrogen) atoms. The lowest BCUT2D eigenvalue weighted by molar-refractivity contribution is 0.265. The number of benzene rings is 2. The fourth-order valence-corrected chi connectivity index (χ4v) is 4.59. The van der Waals surface area contributed by atoms with Gasteiger partial charge in [0.1, 0.15) is 27.7 Å². The second kappa shape index (κ2) is 9.03. The van der Waals surface area contributed by atoms with Crippen molar-refractivity contribution in [3.05, 3.63) is 53.1 Å². The first-order valence-corrected chi connectivity index (χ1v) is 11.8. The summed E-state index contributed by atoms with van der Waals surface area (Å²) in [6.07, 6.45) is 0. The Hall–Kier alpha value is -3.51. The van der Waals surface area contributed by atoms with Gasteiger partial charge in [0.2, 0.25) is 5.88 Å². The van der Waals surface area contributed by atoms with E-state index in [1.165, 1.54) is 12.1 Å². The maximum atomic E-state index is 13.7. The predicted octanol–water partition coefficient (Wildman–Crippen LogP) is 4.37. The Kier molecular flexibility index (Phi) is 6.28.